The molecule has 0 unspecified atom stereocenters. The fraction of sp³-hybridized carbons (Fsp3) is 0.500. The van der Waals surface area contributed by atoms with Gasteiger partial charge in [-0.05, 0) is 38.0 Å². The molecule has 27 heavy (non-hydrogen) atoms. The maximum absolute atomic E-state index is 13.3. The molecule has 4 N–H and O–H groups in total. The molecule has 3 rings (SSSR count). The average Bonchev–Trinajstić information content (AvgIpc) is 3.01. The van der Waals surface area contributed by atoms with Crippen molar-refractivity contribution >= 4 is 18.1 Å². The highest BCUT2D eigenvalue weighted by molar-refractivity contribution is 5.85. The summed E-state index contributed by atoms with van der Waals surface area (Å²) < 4.78 is 50.5. The standard InChI is InChI=1S/C16H19F3N4O3.ClH/c1-8(13-5-3-10(20)7-25-13)21-12-6-9(14-22-23-15(24)26-14)2-4-11(12)16(17,18)19;/h2,4,6,8,10,13,21H,3,5,7,20H2,1H3,(H,23,24);1H/t8-,10+,13-;/m0./s1. The number of alkyl halides is 3. The zero-order chi connectivity index (χ0) is 18.9. The Morgan fingerprint density at radius 2 is 2.11 bits per heavy atom. The first-order valence-electron chi connectivity index (χ1n) is 8.15. The van der Waals surface area contributed by atoms with E-state index in [0.717, 1.165) is 12.5 Å². The van der Waals surface area contributed by atoms with Crippen molar-refractivity contribution in [3.63, 3.8) is 0 Å². The third-order valence-electron chi connectivity index (χ3n) is 4.30. The molecule has 2 aromatic rings. The predicted octanol–water partition coefficient (Wildman–Crippen LogP) is 2.78. The zero-order valence-corrected chi connectivity index (χ0v) is 15.2. The summed E-state index contributed by atoms with van der Waals surface area (Å²) in [6.07, 6.45) is -3.38. The van der Waals surface area contributed by atoms with Gasteiger partial charge in [-0.15, -0.1) is 17.5 Å². The lowest BCUT2D eigenvalue weighted by Crippen LogP contribution is -2.42. The minimum absolute atomic E-state index is 0. The van der Waals surface area contributed by atoms with Gasteiger partial charge in [-0.3, -0.25) is 0 Å². The number of benzene rings is 1. The van der Waals surface area contributed by atoms with E-state index in [-0.39, 0.29) is 47.7 Å². The first kappa shape index (κ1) is 21.3. The van der Waals surface area contributed by atoms with E-state index in [9.17, 15) is 18.0 Å². The summed E-state index contributed by atoms with van der Waals surface area (Å²) in [5, 5.41) is 8.60. The average molecular weight is 409 g/mol. The molecule has 0 amide bonds. The number of aromatic amines is 1. The second-order valence-corrected chi connectivity index (χ2v) is 6.32. The summed E-state index contributed by atoms with van der Waals surface area (Å²) in [6, 6.07) is 2.97. The van der Waals surface area contributed by atoms with E-state index in [1.165, 1.54) is 12.1 Å². The Hall–Kier alpha value is -2.04. The number of nitrogens with two attached hydrogens (primary N) is 1. The van der Waals surface area contributed by atoms with E-state index in [1.54, 1.807) is 6.92 Å². The SMILES string of the molecule is C[C@H](Nc1cc(-c2n[nH]c(=O)o2)ccc1C(F)(F)F)[C@@H]1CC[C@@H](N)CO1.Cl. The van der Waals surface area contributed by atoms with Crippen LogP contribution in [0.4, 0.5) is 18.9 Å². The molecular formula is C16H20ClF3N4O3. The number of aromatic nitrogens is 2. The topological polar surface area (TPSA) is 106 Å². The fourth-order valence-corrected chi connectivity index (χ4v) is 2.92. The summed E-state index contributed by atoms with van der Waals surface area (Å²) in [5.41, 5.74) is 5.07. The molecule has 1 saturated heterocycles. The Balaban J connectivity index is 0.00000261. The molecule has 0 aliphatic carbocycles. The monoisotopic (exact) mass is 408 g/mol. The summed E-state index contributed by atoms with van der Waals surface area (Å²) in [6.45, 7) is 2.13. The van der Waals surface area contributed by atoms with Crippen LogP contribution in [0, 0.1) is 0 Å². The lowest BCUT2D eigenvalue weighted by molar-refractivity contribution is -0.137. The van der Waals surface area contributed by atoms with Gasteiger partial charge in [0.15, 0.2) is 0 Å². The second kappa shape index (κ2) is 8.32. The van der Waals surface area contributed by atoms with E-state index in [4.69, 9.17) is 14.9 Å². The lowest BCUT2D eigenvalue weighted by Gasteiger charge is -2.32. The zero-order valence-electron chi connectivity index (χ0n) is 14.4. The summed E-state index contributed by atoms with van der Waals surface area (Å²) >= 11 is 0. The number of rotatable bonds is 4. The third-order valence-corrected chi connectivity index (χ3v) is 4.30. The molecule has 7 nitrogen and oxygen atoms in total. The van der Waals surface area contributed by atoms with Gasteiger partial charge in [-0.1, -0.05) is 0 Å². The highest BCUT2D eigenvalue weighted by Gasteiger charge is 2.35. The lowest BCUT2D eigenvalue weighted by atomic mass is 10.00. The minimum Gasteiger partial charge on any atom is -0.388 e. The molecular weight excluding hydrogens is 389 g/mol. The van der Waals surface area contributed by atoms with Crippen molar-refractivity contribution in [3.05, 3.63) is 34.3 Å². The van der Waals surface area contributed by atoms with Gasteiger partial charge in [0.05, 0.1) is 18.3 Å². The van der Waals surface area contributed by atoms with Gasteiger partial charge in [-0.2, -0.15) is 13.2 Å². The van der Waals surface area contributed by atoms with Crippen LogP contribution in [0.15, 0.2) is 27.4 Å². The number of ether oxygens (including phenoxy) is 1. The Bertz CT molecular complexity index is 816. The van der Waals surface area contributed by atoms with Gasteiger partial charge in [0, 0.05) is 23.3 Å². The molecule has 0 saturated carbocycles. The molecule has 1 aromatic carbocycles. The summed E-state index contributed by atoms with van der Waals surface area (Å²) in [7, 11) is 0. The number of anilines is 1. The normalized spacial score (nSPS) is 21.4. The number of hydrogen-bond donors (Lipinski definition) is 3. The van der Waals surface area contributed by atoms with Gasteiger partial charge >= 0.3 is 11.9 Å². The summed E-state index contributed by atoms with van der Waals surface area (Å²) in [4.78, 5) is 11.1. The smallest absolute Gasteiger partial charge is 0.388 e. The largest absolute Gasteiger partial charge is 0.434 e. The molecule has 1 aliphatic heterocycles. The van der Waals surface area contributed by atoms with Crippen LogP contribution in [0.25, 0.3) is 11.5 Å². The van der Waals surface area contributed by atoms with Gasteiger partial charge in [0.25, 0.3) is 0 Å². The van der Waals surface area contributed by atoms with Crippen LogP contribution in [0.1, 0.15) is 25.3 Å². The van der Waals surface area contributed by atoms with E-state index >= 15 is 0 Å². The van der Waals surface area contributed by atoms with Crippen molar-refractivity contribution < 1.29 is 22.3 Å². The maximum atomic E-state index is 13.3. The van der Waals surface area contributed by atoms with Crippen LogP contribution in [0.5, 0.6) is 0 Å². The Labute approximate surface area is 158 Å². The first-order chi connectivity index (χ1) is 12.2. The van der Waals surface area contributed by atoms with Crippen LogP contribution in [-0.2, 0) is 10.9 Å². The minimum atomic E-state index is -4.54. The molecule has 2 heterocycles. The quantitative estimate of drug-likeness (QED) is 0.718. The number of nitrogens with zero attached hydrogens (tertiary/aromatic N) is 1. The van der Waals surface area contributed by atoms with Crippen molar-refractivity contribution in [2.45, 2.75) is 44.1 Å². The molecule has 1 aromatic heterocycles. The molecule has 0 bridgehead atoms. The second-order valence-electron chi connectivity index (χ2n) is 6.32. The Morgan fingerprint density at radius 3 is 2.67 bits per heavy atom. The van der Waals surface area contributed by atoms with Crippen molar-refractivity contribution in [1.29, 1.82) is 0 Å². The molecule has 3 atom stereocenters. The van der Waals surface area contributed by atoms with Crippen molar-refractivity contribution in [2.75, 3.05) is 11.9 Å². The Morgan fingerprint density at radius 1 is 1.37 bits per heavy atom. The first-order valence-corrected chi connectivity index (χ1v) is 8.15. The van der Waals surface area contributed by atoms with Crippen molar-refractivity contribution in [3.8, 4) is 11.5 Å². The van der Waals surface area contributed by atoms with Gasteiger partial charge in [0.1, 0.15) is 0 Å². The van der Waals surface area contributed by atoms with Crippen LogP contribution < -0.4 is 16.8 Å². The molecule has 0 radical (unpaired) electrons. The van der Waals surface area contributed by atoms with Gasteiger partial charge < -0.3 is 20.2 Å². The third kappa shape index (κ3) is 5.02. The molecule has 1 aliphatic rings. The number of nitrogens with one attached hydrogen (secondary N) is 2. The van der Waals surface area contributed by atoms with E-state index in [0.29, 0.717) is 13.0 Å². The summed E-state index contributed by atoms with van der Waals surface area (Å²) in [5.74, 6) is -0.867. The van der Waals surface area contributed by atoms with Gasteiger partial charge in [0.2, 0.25) is 5.89 Å². The van der Waals surface area contributed by atoms with Crippen molar-refractivity contribution in [2.24, 2.45) is 5.73 Å². The fourth-order valence-electron chi connectivity index (χ4n) is 2.92. The van der Waals surface area contributed by atoms with Gasteiger partial charge in [-0.25, -0.2) is 9.89 Å². The molecule has 1 fully saturated rings. The highest BCUT2D eigenvalue weighted by atomic mass is 35.5. The predicted molar refractivity (Wildman–Crippen MR) is 94.8 cm³/mol. The highest BCUT2D eigenvalue weighted by Crippen LogP contribution is 2.37. The van der Waals surface area contributed by atoms with Crippen LogP contribution in [0.2, 0.25) is 0 Å². The molecule has 0 spiro atoms. The van der Waals surface area contributed by atoms with E-state index in [2.05, 4.69) is 15.5 Å². The number of H-pyrrole nitrogens is 1. The van der Waals surface area contributed by atoms with Crippen LogP contribution in [0.3, 0.4) is 0 Å². The number of halogens is 4. The van der Waals surface area contributed by atoms with Crippen molar-refractivity contribution in [1.82, 2.24) is 10.2 Å². The van der Waals surface area contributed by atoms with E-state index in [1.807, 2.05) is 0 Å². The molecule has 150 valence electrons. The maximum Gasteiger partial charge on any atom is 0.434 e. The van der Waals surface area contributed by atoms with Crippen LogP contribution >= 0.6 is 12.4 Å². The van der Waals surface area contributed by atoms with Crippen LogP contribution in [-0.4, -0.2) is 35.0 Å². The Kier molecular flexibility index (Phi) is 6.55. The number of hydrogen-bond acceptors (Lipinski definition) is 6. The van der Waals surface area contributed by atoms with E-state index < -0.39 is 17.5 Å². The molecule has 11 heteroatoms.